The van der Waals surface area contributed by atoms with Crippen molar-refractivity contribution in [1.82, 2.24) is 14.7 Å². The Bertz CT molecular complexity index is 1000. The fourth-order valence-electron chi connectivity index (χ4n) is 3.46. The Kier molecular flexibility index (Phi) is 5.42. The van der Waals surface area contributed by atoms with Crippen molar-refractivity contribution in [3.63, 3.8) is 0 Å². The zero-order valence-corrected chi connectivity index (χ0v) is 16.4. The third-order valence-corrected chi connectivity index (χ3v) is 5.14. The molecule has 0 aliphatic carbocycles. The van der Waals surface area contributed by atoms with E-state index in [0.717, 1.165) is 42.9 Å². The van der Waals surface area contributed by atoms with Crippen molar-refractivity contribution < 1.29 is 14.3 Å². The predicted molar refractivity (Wildman–Crippen MR) is 109 cm³/mol. The molecular formula is C23H23N3O3. The van der Waals surface area contributed by atoms with E-state index in [0.29, 0.717) is 11.1 Å². The molecule has 1 aliphatic heterocycles. The molecule has 1 saturated heterocycles. The van der Waals surface area contributed by atoms with E-state index in [2.05, 4.69) is 5.10 Å². The first-order valence-corrected chi connectivity index (χ1v) is 9.78. The summed E-state index contributed by atoms with van der Waals surface area (Å²) in [6, 6.07) is 16.3. The molecule has 1 aliphatic rings. The minimum Gasteiger partial charge on any atom is -0.457 e. The average molecular weight is 389 g/mol. The summed E-state index contributed by atoms with van der Waals surface area (Å²) >= 11 is 0. The monoisotopic (exact) mass is 389 g/mol. The number of aromatic nitrogens is 2. The lowest BCUT2D eigenvalue weighted by molar-refractivity contribution is 0.0472. The number of esters is 1. The highest BCUT2D eigenvalue weighted by atomic mass is 16.5. The topological polar surface area (TPSA) is 64.4 Å². The molecule has 2 heterocycles. The molecule has 4 rings (SSSR count). The number of nitrogens with zero attached hydrogens (tertiary/aromatic N) is 3. The van der Waals surface area contributed by atoms with Gasteiger partial charge < -0.3 is 9.64 Å². The highest BCUT2D eigenvalue weighted by molar-refractivity contribution is 5.94. The normalized spacial score (nSPS) is 13.5. The third-order valence-electron chi connectivity index (χ3n) is 5.14. The lowest BCUT2D eigenvalue weighted by Gasteiger charge is -2.15. The van der Waals surface area contributed by atoms with Crippen LogP contribution in [0.2, 0.25) is 0 Å². The average Bonchev–Trinajstić information content (AvgIpc) is 3.44. The van der Waals surface area contributed by atoms with Gasteiger partial charge in [0.1, 0.15) is 6.61 Å². The molecule has 1 amide bonds. The molecule has 6 heteroatoms. The SMILES string of the molecule is Cc1ccnn1-c1ccc(C(=O)OCc2ccc(C(=O)N3CCCC3)cc2)cc1. The summed E-state index contributed by atoms with van der Waals surface area (Å²) in [5.74, 6) is -0.315. The van der Waals surface area contributed by atoms with Crippen molar-refractivity contribution in [2.75, 3.05) is 13.1 Å². The van der Waals surface area contributed by atoms with E-state index < -0.39 is 0 Å². The first kappa shape index (κ1) is 18.9. The van der Waals surface area contributed by atoms with E-state index in [-0.39, 0.29) is 18.5 Å². The Morgan fingerprint density at radius 3 is 2.21 bits per heavy atom. The van der Waals surface area contributed by atoms with E-state index in [9.17, 15) is 9.59 Å². The van der Waals surface area contributed by atoms with Gasteiger partial charge in [0.05, 0.1) is 11.3 Å². The number of carbonyl (C=O) groups excluding carboxylic acids is 2. The van der Waals surface area contributed by atoms with Crippen LogP contribution in [-0.4, -0.2) is 39.6 Å². The van der Waals surface area contributed by atoms with Crippen molar-refractivity contribution in [3.8, 4) is 5.69 Å². The number of hydrogen-bond acceptors (Lipinski definition) is 4. The summed E-state index contributed by atoms with van der Waals surface area (Å²) in [5.41, 5.74) is 3.92. The first-order valence-electron chi connectivity index (χ1n) is 9.78. The van der Waals surface area contributed by atoms with E-state index in [1.54, 1.807) is 35.1 Å². The van der Waals surface area contributed by atoms with Gasteiger partial charge in [0.2, 0.25) is 0 Å². The van der Waals surface area contributed by atoms with Gasteiger partial charge in [-0.05, 0) is 67.8 Å². The van der Waals surface area contributed by atoms with Crippen LogP contribution in [0, 0.1) is 6.92 Å². The molecule has 0 saturated carbocycles. The molecule has 0 bridgehead atoms. The number of aryl methyl sites for hydroxylation is 1. The largest absolute Gasteiger partial charge is 0.457 e. The zero-order valence-electron chi connectivity index (χ0n) is 16.4. The molecule has 0 radical (unpaired) electrons. The predicted octanol–water partition coefficient (Wildman–Crippen LogP) is 3.77. The molecule has 0 atom stereocenters. The Labute approximate surface area is 169 Å². The molecule has 1 fully saturated rings. The number of carbonyl (C=O) groups is 2. The summed E-state index contributed by atoms with van der Waals surface area (Å²) in [4.78, 5) is 26.6. The molecular weight excluding hydrogens is 366 g/mol. The van der Waals surface area contributed by atoms with Crippen LogP contribution in [0.15, 0.2) is 60.8 Å². The van der Waals surface area contributed by atoms with Gasteiger partial charge in [-0.2, -0.15) is 5.10 Å². The third kappa shape index (κ3) is 4.21. The van der Waals surface area contributed by atoms with Crippen LogP contribution in [0.4, 0.5) is 0 Å². The molecule has 1 aromatic heterocycles. The van der Waals surface area contributed by atoms with E-state index >= 15 is 0 Å². The maximum absolute atomic E-state index is 12.4. The number of benzene rings is 2. The van der Waals surface area contributed by atoms with Gasteiger partial charge in [-0.3, -0.25) is 4.79 Å². The van der Waals surface area contributed by atoms with Crippen molar-refractivity contribution >= 4 is 11.9 Å². The lowest BCUT2D eigenvalue weighted by Crippen LogP contribution is -2.27. The second-order valence-electron chi connectivity index (χ2n) is 7.20. The molecule has 0 spiro atoms. The van der Waals surface area contributed by atoms with Crippen LogP contribution in [0.1, 0.15) is 44.8 Å². The van der Waals surface area contributed by atoms with E-state index in [1.807, 2.05) is 42.2 Å². The second-order valence-corrected chi connectivity index (χ2v) is 7.20. The minimum absolute atomic E-state index is 0.0681. The van der Waals surface area contributed by atoms with E-state index in [1.165, 1.54) is 0 Å². The Hall–Kier alpha value is -3.41. The molecule has 6 nitrogen and oxygen atoms in total. The summed E-state index contributed by atoms with van der Waals surface area (Å²) in [7, 11) is 0. The molecule has 0 N–H and O–H groups in total. The Morgan fingerprint density at radius 1 is 0.931 bits per heavy atom. The van der Waals surface area contributed by atoms with Crippen LogP contribution in [0.25, 0.3) is 5.69 Å². The van der Waals surface area contributed by atoms with Gasteiger partial charge in [0.25, 0.3) is 5.91 Å². The van der Waals surface area contributed by atoms with Gasteiger partial charge in [-0.15, -0.1) is 0 Å². The van der Waals surface area contributed by atoms with Crippen LogP contribution in [0.5, 0.6) is 0 Å². The molecule has 2 aromatic carbocycles. The molecule has 0 unspecified atom stereocenters. The molecule has 148 valence electrons. The highest BCUT2D eigenvalue weighted by Crippen LogP contribution is 2.15. The number of hydrogen-bond donors (Lipinski definition) is 0. The molecule has 29 heavy (non-hydrogen) atoms. The maximum atomic E-state index is 12.4. The smallest absolute Gasteiger partial charge is 0.338 e. The van der Waals surface area contributed by atoms with Gasteiger partial charge in [0.15, 0.2) is 0 Å². The van der Waals surface area contributed by atoms with E-state index in [4.69, 9.17) is 4.74 Å². The number of rotatable bonds is 5. The van der Waals surface area contributed by atoms with Crippen molar-refractivity contribution in [1.29, 1.82) is 0 Å². The summed E-state index contributed by atoms with van der Waals surface area (Å²) in [6.45, 7) is 3.80. The van der Waals surface area contributed by atoms with Crippen molar-refractivity contribution in [3.05, 3.63) is 83.2 Å². The number of amides is 1. The summed E-state index contributed by atoms with van der Waals surface area (Å²) in [5, 5.41) is 4.25. The van der Waals surface area contributed by atoms with Gasteiger partial charge in [0, 0.05) is 30.5 Å². The van der Waals surface area contributed by atoms with Crippen LogP contribution >= 0.6 is 0 Å². The van der Waals surface area contributed by atoms with Gasteiger partial charge >= 0.3 is 5.97 Å². The fourth-order valence-corrected chi connectivity index (χ4v) is 3.46. The van der Waals surface area contributed by atoms with Gasteiger partial charge in [-0.1, -0.05) is 12.1 Å². The number of likely N-dealkylation sites (tertiary alicyclic amines) is 1. The zero-order chi connectivity index (χ0) is 20.2. The second kappa shape index (κ2) is 8.31. The van der Waals surface area contributed by atoms with Crippen LogP contribution in [-0.2, 0) is 11.3 Å². The molecule has 3 aromatic rings. The standard InChI is InChI=1S/C23H23N3O3/c1-17-12-13-24-26(17)21-10-8-20(9-11-21)23(28)29-16-18-4-6-19(7-5-18)22(27)25-14-2-3-15-25/h4-13H,2-3,14-16H2,1H3. The minimum atomic E-state index is -0.383. The van der Waals surface area contributed by atoms with Crippen LogP contribution < -0.4 is 0 Å². The lowest BCUT2D eigenvalue weighted by atomic mass is 10.1. The highest BCUT2D eigenvalue weighted by Gasteiger charge is 2.19. The Morgan fingerprint density at radius 2 is 1.59 bits per heavy atom. The quantitative estimate of drug-likeness (QED) is 0.623. The van der Waals surface area contributed by atoms with Gasteiger partial charge in [-0.25, -0.2) is 9.48 Å². The van der Waals surface area contributed by atoms with Crippen molar-refractivity contribution in [2.24, 2.45) is 0 Å². The first-order chi connectivity index (χ1) is 14.1. The Balaban J connectivity index is 1.34. The summed E-state index contributed by atoms with van der Waals surface area (Å²) in [6.07, 6.45) is 3.88. The van der Waals surface area contributed by atoms with Crippen molar-refractivity contribution in [2.45, 2.75) is 26.4 Å². The number of ether oxygens (including phenoxy) is 1. The fraction of sp³-hybridized carbons (Fsp3) is 0.261. The maximum Gasteiger partial charge on any atom is 0.338 e. The summed E-state index contributed by atoms with van der Waals surface area (Å²) < 4.78 is 7.22. The van der Waals surface area contributed by atoms with Crippen LogP contribution in [0.3, 0.4) is 0 Å².